The molecule has 3 unspecified atom stereocenters. The molecule has 0 bridgehead atoms. The van der Waals surface area contributed by atoms with Crippen LogP contribution in [-0.4, -0.2) is 31.1 Å². The van der Waals surface area contributed by atoms with E-state index in [1.54, 1.807) is 6.92 Å². The molecular weight excluding hydrogens is 327 g/mol. The Balaban J connectivity index is 2.10. The van der Waals surface area contributed by atoms with E-state index in [2.05, 4.69) is 4.74 Å². The van der Waals surface area contributed by atoms with Gasteiger partial charge in [0.25, 0.3) is 0 Å². The molecule has 0 radical (unpaired) electrons. The standard InChI is InChI=1S/C16H20F3NO4/c1-2-22-15(21)10-7-8-11(20)14(9-10)23-12-5-3-4-6-13(12)24-16(17,18)19/h3-6,10-11,14H,2,7-9,20H2,1H3. The van der Waals surface area contributed by atoms with E-state index in [-0.39, 0.29) is 30.3 Å². The van der Waals surface area contributed by atoms with Crippen molar-refractivity contribution in [3.05, 3.63) is 24.3 Å². The summed E-state index contributed by atoms with van der Waals surface area (Å²) in [6.07, 6.45) is -4.02. The Morgan fingerprint density at radius 2 is 1.92 bits per heavy atom. The number of benzene rings is 1. The molecule has 24 heavy (non-hydrogen) atoms. The average molecular weight is 347 g/mol. The summed E-state index contributed by atoms with van der Waals surface area (Å²) < 4.78 is 52.0. The number of hydrogen-bond donors (Lipinski definition) is 1. The largest absolute Gasteiger partial charge is 0.573 e. The number of alkyl halides is 3. The predicted molar refractivity (Wildman–Crippen MR) is 79.5 cm³/mol. The molecule has 1 aliphatic carbocycles. The summed E-state index contributed by atoms with van der Waals surface area (Å²) in [5.74, 6) is -1.20. The van der Waals surface area contributed by atoms with Gasteiger partial charge in [0.15, 0.2) is 11.5 Å². The van der Waals surface area contributed by atoms with Gasteiger partial charge in [0, 0.05) is 6.04 Å². The molecule has 0 aliphatic heterocycles. The first-order valence-corrected chi connectivity index (χ1v) is 7.73. The fourth-order valence-electron chi connectivity index (χ4n) is 2.68. The molecule has 1 aliphatic rings. The molecule has 0 spiro atoms. The number of rotatable bonds is 5. The highest BCUT2D eigenvalue weighted by atomic mass is 19.4. The summed E-state index contributed by atoms with van der Waals surface area (Å²) in [4.78, 5) is 11.9. The van der Waals surface area contributed by atoms with E-state index in [0.29, 0.717) is 19.3 Å². The maximum atomic E-state index is 12.5. The maximum absolute atomic E-state index is 12.5. The highest BCUT2D eigenvalue weighted by molar-refractivity contribution is 5.72. The second-order valence-corrected chi connectivity index (χ2v) is 5.58. The van der Waals surface area contributed by atoms with Gasteiger partial charge in [0.05, 0.1) is 12.5 Å². The van der Waals surface area contributed by atoms with Crippen molar-refractivity contribution < 1.29 is 32.2 Å². The number of ether oxygens (including phenoxy) is 3. The zero-order valence-electron chi connectivity index (χ0n) is 13.2. The van der Waals surface area contributed by atoms with Crippen molar-refractivity contribution in [1.82, 2.24) is 0 Å². The second kappa shape index (κ2) is 7.74. The normalized spacial score (nSPS) is 24.3. The number of para-hydroxylation sites is 2. The molecule has 0 heterocycles. The zero-order valence-corrected chi connectivity index (χ0v) is 13.2. The van der Waals surface area contributed by atoms with Gasteiger partial charge in [-0.1, -0.05) is 12.1 Å². The molecule has 0 aromatic heterocycles. The minimum Gasteiger partial charge on any atom is -0.485 e. The Labute approximate surface area is 137 Å². The first kappa shape index (κ1) is 18.4. The van der Waals surface area contributed by atoms with Crippen molar-refractivity contribution in [1.29, 1.82) is 0 Å². The van der Waals surface area contributed by atoms with E-state index in [0.717, 1.165) is 0 Å². The van der Waals surface area contributed by atoms with Gasteiger partial charge in [-0.05, 0) is 38.3 Å². The van der Waals surface area contributed by atoms with Crippen LogP contribution in [0.1, 0.15) is 26.2 Å². The van der Waals surface area contributed by atoms with Crippen molar-refractivity contribution in [2.24, 2.45) is 11.7 Å². The number of halogens is 3. The number of carbonyl (C=O) groups is 1. The number of hydrogen-bond acceptors (Lipinski definition) is 5. The lowest BCUT2D eigenvalue weighted by Gasteiger charge is -2.33. The van der Waals surface area contributed by atoms with Crippen LogP contribution in [0.4, 0.5) is 13.2 Å². The first-order chi connectivity index (χ1) is 11.3. The molecular formula is C16H20F3NO4. The van der Waals surface area contributed by atoms with Gasteiger partial charge < -0.3 is 19.9 Å². The van der Waals surface area contributed by atoms with Crippen LogP contribution in [0.2, 0.25) is 0 Å². The smallest absolute Gasteiger partial charge is 0.485 e. The number of carbonyl (C=O) groups excluding carboxylic acids is 1. The number of esters is 1. The summed E-state index contributed by atoms with van der Waals surface area (Å²) in [6, 6.07) is 5.11. The molecule has 0 saturated heterocycles. The molecule has 1 aromatic rings. The Hall–Kier alpha value is -1.96. The maximum Gasteiger partial charge on any atom is 0.573 e. The van der Waals surface area contributed by atoms with Crippen molar-refractivity contribution in [3.8, 4) is 11.5 Å². The lowest BCUT2D eigenvalue weighted by atomic mass is 9.84. The summed E-state index contributed by atoms with van der Waals surface area (Å²) in [6.45, 7) is 1.99. The van der Waals surface area contributed by atoms with Gasteiger partial charge in [-0.2, -0.15) is 0 Å². The van der Waals surface area contributed by atoms with Gasteiger partial charge in [-0.15, -0.1) is 13.2 Å². The topological polar surface area (TPSA) is 70.8 Å². The quantitative estimate of drug-likeness (QED) is 0.829. The average Bonchev–Trinajstić information content (AvgIpc) is 2.50. The van der Waals surface area contributed by atoms with Gasteiger partial charge in [0.2, 0.25) is 0 Å². The minimum absolute atomic E-state index is 0.0558. The van der Waals surface area contributed by atoms with Crippen LogP contribution in [0.15, 0.2) is 24.3 Å². The third-order valence-corrected chi connectivity index (χ3v) is 3.82. The third kappa shape index (κ3) is 5.02. The van der Waals surface area contributed by atoms with Crippen LogP contribution in [-0.2, 0) is 9.53 Å². The van der Waals surface area contributed by atoms with Crippen LogP contribution < -0.4 is 15.2 Å². The molecule has 3 atom stereocenters. The monoisotopic (exact) mass is 347 g/mol. The molecule has 2 N–H and O–H groups in total. The first-order valence-electron chi connectivity index (χ1n) is 7.73. The fraction of sp³-hybridized carbons (Fsp3) is 0.562. The zero-order chi connectivity index (χ0) is 17.7. The van der Waals surface area contributed by atoms with Crippen LogP contribution in [0, 0.1) is 5.92 Å². The molecule has 1 saturated carbocycles. The van der Waals surface area contributed by atoms with Crippen molar-refractivity contribution in [2.75, 3.05) is 6.61 Å². The van der Waals surface area contributed by atoms with Crippen LogP contribution in [0.5, 0.6) is 11.5 Å². The Morgan fingerprint density at radius 1 is 1.25 bits per heavy atom. The summed E-state index contributed by atoms with van der Waals surface area (Å²) in [7, 11) is 0. The second-order valence-electron chi connectivity index (χ2n) is 5.58. The van der Waals surface area contributed by atoms with E-state index >= 15 is 0 Å². The fourth-order valence-corrected chi connectivity index (χ4v) is 2.68. The number of nitrogens with two attached hydrogens (primary N) is 1. The summed E-state index contributed by atoms with van der Waals surface area (Å²) in [5, 5.41) is 0. The van der Waals surface area contributed by atoms with E-state index in [1.165, 1.54) is 24.3 Å². The van der Waals surface area contributed by atoms with Crippen molar-refractivity contribution in [3.63, 3.8) is 0 Å². The van der Waals surface area contributed by atoms with E-state index in [4.69, 9.17) is 15.2 Å². The lowest BCUT2D eigenvalue weighted by Crippen LogP contribution is -2.45. The van der Waals surface area contributed by atoms with E-state index < -0.39 is 18.2 Å². The molecule has 134 valence electrons. The van der Waals surface area contributed by atoms with Crippen LogP contribution in [0.3, 0.4) is 0 Å². The Morgan fingerprint density at radius 3 is 2.54 bits per heavy atom. The predicted octanol–water partition coefficient (Wildman–Crippen LogP) is 3.02. The van der Waals surface area contributed by atoms with E-state index in [9.17, 15) is 18.0 Å². The minimum atomic E-state index is -4.82. The third-order valence-electron chi connectivity index (χ3n) is 3.82. The SMILES string of the molecule is CCOC(=O)C1CCC(N)C(Oc2ccccc2OC(F)(F)F)C1. The Bertz CT molecular complexity index is 564. The summed E-state index contributed by atoms with van der Waals surface area (Å²) in [5.41, 5.74) is 6.00. The highest BCUT2D eigenvalue weighted by Gasteiger charge is 2.36. The van der Waals surface area contributed by atoms with E-state index in [1.807, 2.05) is 0 Å². The van der Waals surface area contributed by atoms with Gasteiger partial charge in [-0.25, -0.2) is 0 Å². The highest BCUT2D eigenvalue weighted by Crippen LogP contribution is 2.35. The molecule has 1 fully saturated rings. The van der Waals surface area contributed by atoms with Crippen molar-refractivity contribution in [2.45, 2.75) is 44.7 Å². The lowest BCUT2D eigenvalue weighted by molar-refractivity contribution is -0.275. The summed E-state index contributed by atoms with van der Waals surface area (Å²) >= 11 is 0. The molecule has 8 heteroatoms. The van der Waals surface area contributed by atoms with Gasteiger partial charge in [0.1, 0.15) is 6.10 Å². The Kier molecular flexibility index (Phi) is 5.93. The molecule has 1 aromatic carbocycles. The van der Waals surface area contributed by atoms with Gasteiger partial charge in [-0.3, -0.25) is 4.79 Å². The molecule has 2 rings (SSSR count). The molecule has 5 nitrogen and oxygen atoms in total. The van der Waals surface area contributed by atoms with Crippen molar-refractivity contribution >= 4 is 5.97 Å². The molecule has 0 amide bonds. The van der Waals surface area contributed by atoms with Crippen LogP contribution in [0.25, 0.3) is 0 Å². The van der Waals surface area contributed by atoms with Crippen LogP contribution >= 0.6 is 0 Å². The van der Waals surface area contributed by atoms with Gasteiger partial charge >= 0.3 is 12.3 Å².